The molecule has 0 aromatic heterocycles. The van der Waals surface area contributed by atoms with E-state index < -0.39 is 5.97 Å². The van der Waals surface area contributed by atoms with Crippen molar-refractivity contribution in [2.45, 2.75) is 27.2 Å². The van der Waals surface area contributed by atoms with Crippen LogP contribution in [0.2, 0.25) is 0 Å². The Morgan fingerprint density at radius 2 is 1.67 bits per heavy atom. The molecule has 0 radical (unpaired) electrons. The summed E-state index contributed by atoms with van der Waals surface area (Å²) in [6.07, 6.45) is 0.936. The van der Waals surface area contributed by atoms with Crippen molar-refractivity contribution in [3.8, 4) is 0 Å². The Balaban J connectivity index is 2.81. The molecule has 0 aliphatic rings. The lowest BCUT2D eigenvalue weighted by atomic mass is 10.1. The van der Waals surface area contributed by atoms with Gasteiger partial charge in [0.05, 0.1) is 0 Å². The Kier molecular flexibility index (Phi) is 4.66. The summed E-state index contributed by atoms with van der Waals surface area (Å²) in [5.41, 5.74) is 2.11. The molecule has 4 heteroatoms. The first kappa shape index (κ1) is 14.0. The standard InChI is InChI=1S/C14H17NO3/c1-4-11-5-7-12(8-6-11)15-13(16)9(2)10(3)14(17)18/h5-8H,4H2,1-3H3,(H,15,16)(H,17,18)/b10-9+. The highest BCUT2D eigenvalue weighted by atomic mass is 16.4. The molecule has 2 N–H and O–H groups in total. The molecule has 0 heterocycles. The van der Waals surface area contributed by atoms with E-state index in [1.165, 1.54) is 19.4 Å². The number of nitrogens with one attached hydrogen (secondary N) is 1. The molecule has 96 valence electrons. The Morgan fingerprint density at radius 1 is 1.11 bits per heavy atom. The number of anilines is 1. The molecule has 0 atom stereocenters. The highest BCUT2D eigenvalue weighted by Gasteiger charge is 2.12. The normalized spacial score (nSPS) is 11.7. The maximum atomic E-state index is 11.8. The molecule has 18 heavy (non-hydrogen) atoms. The van der Waals surface area contributed by atoms with Crippen LogP contribution in [0.25, 0.3) is 0 Å². The Morgan fingerprint density at radius 3 is 2.11 bits per heavy atom. The van der Waals surface area contributed by atoms with Gasteiger partial charge in [-0.2, -0.15) is 0 Å². The van der Waals surface area contributed by atoms with Crippen molar-refractivity contribution >= 4 is 17.6 Å². The van der Waals surface area contributed by atoms with Gasteiger partial charge in [0.2, 0.25) is 0 Å². The molecule has 1 rings (SSSR count). The number of hydrogen-bond acceptors (Lipinski definition) is 2. The molecule has 1 aromatic carbocycles. The van der Waals surface area contributed by atoms with Gasteiger partial charge in [0, 0.05) is 16.8 Å². The number of benzene rings is 1. The second kappa shape index (κ2) is 6.00. The molecular formula is C14H17NO3. The molecule has 1 amide bonds. The van der Waals surface area contributed by atoms with Gasteiger partial charge in [-0.05, 0) is 38.0 Å². The number of carbonyl (C=O) groups excluding carboxylic acids is 1. The highest BCUT2D eigenvalue weighted by molar-refractivity contribution is 6.08. The molecule has 0 aliphatic carbocycles. The Labute approximate surface area is 106 Å². The van der Waals surface area contributed by atoms with E-state index in [4.69, 9.17) is 5.11 Å². The number of aliphatic carboxylic acids is 1. The molecule has 0 spiro atoms. The van der Waals surface area contributed by atoms with Crippen LogP contribution >= 0.6 is 0 Å². The van der Waals surface area contributed by atoms with Crippen LogP contribution in [-0.2, 0) is 16.0 Å². The third-order valence-electron chi connectivity index (χ3n) is 2.84. The van der Waals surface area contributed by atoms with E-state index >= 15 is 0 Å². The molecule has 4 nitrogen and oxygen atoms in total. The van der Waals surface area contributed by atoms with E-state index in [1.807, 2.05) is 12.1 Å². The molecule has 0 saturated heterocycles. The zero-order chi connectivity index (χ0) is 13.7. The second-order valence-corrected chi connectivity index (χ2v) is 4.06. The van der Waals surface area contributed by atoms with Gasteiger partial charge in [0.25, 0.3) is 5.91 Å². The second-order valence-electron chi connectivity index (χ2n) is 4.06. The predicted octanol–water partition coefficient (Wildman–Crippen LogP) is 2.61. The molecule has 0 unspecified atom stereocenters. The summed E-state index contributed by atoms with van der Waals surface area (Å²) in [5, 5.41) is 11.5. The van der Waals surface area contributed by atoms with Crippen molar-refractivity contribution in [3.05, 3.63) is 41.0 Å². The summed E-state index contributed by atoms with van der Waals surface area (Å²) >= 11 is 0. The lowest BCUT2D eigenvalue weighted by molar-refractivity contribution is -0.133. The largest absolute Gasteiger partial charge is 0.478 e. The van der Waals surface area contributed by atoms with E-state index in [0.717, 1.165) is 6.42 Å². The minimum Gasteiger partial charge on any atom is -0.478 e. The summed E-state index contributed by atoms with van der Waals surface area (Å²) in [5.74, 6) is -1.47. The molecule has 0 bridgehead atoms. The van der Waals surface area contributed by atoms with Crippen LogP contribution in [0.4, 0.5) is 5.69 Å². The summed E-state index contributed by atoms with van der Waals surface area (Å²) < 4.78 is 0. The van der Waals surface area contributed by atoms with Gasteiger partial charge in [0.15, 0.2) is 0 Å². The molecule has 0 saturated carbocycles. The summed E-state index contributed by atoms with van der Waals surface area (Å²) in [6.45, 7) is 4.97. The van der Waals surface area contributed by atoms with Gasteiger partial charge in [-0.25, -0.2) is 4.79 Å². The first-order valence-corrected chi connectivity index (χ1v) is 5.76. The third kappa shape index (κ3) is 3.45. The number of amides is 1. The molecule has 0 fully saturated rings. The van der Waals surface area contributed by atoms with Crippen molar-refractivity contribution in [1.29, 1.82) is 0 Å². The quantitative estimate of drug-likeness (QED) is 0.804. The van der Waals surface area contributed by atoms with Crippen LogP contribution in [0.3, 0.4) is 0 Å². The van der Waals surface area contributed by atoms with Crippen LogP contribution < -0.4 is 5.32 Å². The van der Waals surface area contributed by atoms with Crippen molar-refractivity contribution in [1.82, 2.24) is 0 Å². The van der Waals surface area contributed by atoms with Gasteiger partial charge in [-0.15, -0.1) is 0 Å². The molecule has 1 aromatic rings. The fraction of sp³-hybridized carbons (Fsp3) is 0.286. The summed E-state index contributed by atoms with van der Waals surface area (Å²) in [6, 6.07) is 7.47. The number of carboxylic acid groups (broad SMARTS) is 1. The topological polar surface area (TPSA) is 66.4 Å². The predicted molar refractivity (Wildman–Crippen MR) is 70.5 cm³/mol. The first-order valence-electron chi connectivity index (χ1n) is 5.76. The highest BCUT2D eigenvalue weighted by Crippen LogP contribution is 2.12. The smallest absolute Gasteiger partial charge is 0.331 e. The lowest BCUT2D eigenvalue weighted by Gasteiger charge is -2.07. The van der Waals surface area contributed by atoms with Crippen molar-refractivity contribution < 1.29 is 14.7 Å². The average molecular weight is 247 g/mol. The zero-order valence-electron chi connectivity index (χ0n) is 10.8. The van der Waals surface area contributed by atoms with Crippen molar-refractivity contribution in [2.24, 2.45) is 0 Å². The number of carbonyl (C=O) groups is 2. The number of aryl methyl sites for hydroxylation is 1. The third-order valence-corrected chi connectivity index (χ3v) is 2.84. The van der Waals surface area contributed by atoms with Crippen LogP contribution in [0.5, 0.6) is 0 Å². The SMILES string of the molecule is CCc1ccc(NC(=O)/C(C)=C(\C)C(=O)O)cc1. The van der Waals surface area contributed by atoms with Gasteiger partial charge < -0.3 is 10.4 Å². The fourth-order valence-electron chi connectivity index (χ4n) is 1.38. The van der Waals surface area contributed by atoms with Gasteiger partial charge in [0.1, 0.15) is 0 Å². The van der Waals surface area contributed by atoms with E-state index in [0.29, 0.717) is 5.69 Å². The maximum Gasteiger partial charge on any atom is 0.331 e. The van der Waals surface area contributed by atoms with E-state index in [-0.39, 0.29) is 17.1 Å². The first-order chi connectivity index (χ1) is 8.45. The minimum atomic E-state index is -1.08. The van der Waals surface area contributed by atoms with Gasteiger partial charge in [-0.1, -0.05) is 19.1 Å². The zero-order valence-corrected chi connectivity index (χ0v) is 10.8. The van der Waals surface area contributed by atoms with Gasteiger partial charge in [-0.3, -0.25) is 4.79 Å². The Bertz CT molecular complexity index is 486. The van der Waals surface area contributed by atoms with Crippen LogP contribution in [0.15, 0.2) is 35.4 Å². The van der Waals surface area contributed by atoms with E-state index in [2.05, 4.69) is 12.2 Å². The fourth-order valence-corrected chi connectivity index (χ4v) is 1.38. The van der Waals surface area contributed by atoms with Gasteiger partial charge >= 0.3 is 5.97 Å². The van der Waals surface area contributed by atoms with E-state index in [9.17, 15) is 9.59 Å². The summed E-state index contributed by atoms with van der Waals surface area (Å²) in [7, 11) is 0. The number of rotatable bonds is 4. The number of carboxylic acids is 1. The number of hydrogen-bond donors (Lipinski definition) is 2. The van der Waals surface area contributed by atoms with Crippen molar-refractivity contribution in [2.75, 3.05) is 5.32 Å². The molecule has 0 aliphatic heterocycles. The van der Waals surface area contributed by atoms with E-state index in [1.54, 1.807) is 12.1 Å². The Hall–Kier alpha value is -2.10. The maximum absolute atomic E-state index is 11.8. The van der Waals surface area contributed by atoms with Crippen LogP contribution in [-0.4, -0.2) is 17.0 Å². The minimum absolute atomic E-state index is 0.0534. The van der Waals surface area contributed by atoms with Crippen molar-refractivity contribution in [3.63, 3.8) is 0 Å². The van der Waals surface area contributed by atoms with Crippen LogP contribution in [0.1, 0.15) is 26.3 Å². The summed E-state index contributed by atoms with van der Waals surface area (Å²) in [4.78, 5) is 22.5. The molecular weight excluding hydrogens is 230 g/mol. The van der Waals surface area contributed by atoms with Crippen LogP contribution in [0, 0.1) is 0 Å². The lowest BCUT2D eigenvalue weighted by Crippen LogP contribution is -2.16. The monoisotopic (exact) mass is 247 g/mol. The average Bonchev–Trinajstić information content (AvgIpc) is 2.37.